The Morgan fingerprint density at radius 2 is 1.81 bits per heavy atom. The van der Waals surface area contributed by atoms with Crippen LogP contribution in [0.25, 0.3) is 0 Å². The van der Waals surface area contributed by atoms with E-state index in [9.17, 15) is 9.59 Å². The maximum Gasteiger partial charge on any atom is 0.253 e. The number of rotatable bonds is 3. The Balaban J connectivity index is 1.66. The third-order valence-corrected chi connectivity index (χ3v) is 4.97. The summed E-state index contributed by atoms with van der Waals surface area (Å²) in [5.74, 6) is 0.0729. The third-order valence-electron chi connectivity index (χ3n) is 4.97. The number of nitrogens with zero attached hydrogens (tertiary/aromatic N) is 3. The first-order valence-electron chi connectivity index (χ1n) is 9.41. The molecule has 27 heavy (non-hydrogen) atoms. The summed E-state index contributed by atoms with van der Waals surface area (Å²) in [6.07, 6.45) is 3.85. The zero-order valence-corrected chi connectivity index (χ0v) is 16.3. The van der Waals surface area contributed by atoms with Crippen LogP contribution in [0, 0.1) is 0 Å². The Morgan fingerprint density at radius 3 is 2.44 bits per heavy atom. The number of hydrogen-bond donors (Lipinski definition) is 0. The minimum atomic E-state index is -0.00788. The Bertz CT molecular complexity index is 795. The van der Waals surface area contributed by atoms with Crippen molar-refractivity contribution >= 4 is 11.8 Å². The van der Waals surface area contributed by atoms with Crippen molar-refractivity contribution in [2.75, 3.05) is 19.6 Å². The van der Waals surface area contributed by atoms with Crippen molar-refractivity contribution in [3.63, 3.8) is 0 Å². The van der Waals surface area contributed by atoms with Gasteiger partial charge in [-0.3, -0.25) is 14.6 Å². The van der Waals surface area contributed by atoms with Gasteiger partial charge in [-0.2, -0.15) is 0 Å². The van der Waals surface area contributed by atoms with Gasteiger partial charge in [-0.15, -0.1) is 0 Å². The number of aromatic nitrogens is 1. The highest BCUT2D eigenvalue weighted by Gasteiger charge is 2.25. The molecule has 2 aromatic rings. The van der Waals surface area contributed by atoms with Gasteiger partial charge in [0.05, 0.1) is 0 Å². The highest BCUT2D eigenvalue weighted by atomic mass is 16.2. The molecule has 5 heteroatoms. The lowest BCUT2D eigenvalue weighted by Gasteiger charge is -2.23. The van der Waals surface area contributed by atoms with Gasteiger partial charge >= 0.3 is 0 Å². The van der Waals surface area contributed by atoms with E-state index in [1.54, 1.807) is 17.3 Å². The summed E-state index contributed by atoms with van der Waals surface area (Å²) in [4.78, 5) is 33.0. The van der Waals surface area contributed by atoms with Crippen LogP contribution < -0.4 is 0 Å². The number of amides is 2. The molecule has 0 atom stereocenters. The number of hydrogen-bond acceptors (Lipinski definition) is 3. The molecule has 1 saturated heterocycles. The average Bonchev–Trinajstić information content (AvgIpc) is 2.84. The normalized spacial score (nSPS) is 15.6. The van der Waals surface area contributed by atoms with Crippen molar-refractivity contribution in [2.45, 2.75) is 39.2 Å². The first-order valence-corrected chi connectivity index (χ1v) is 9.41. The molecule has 1 aliphatic heterocycles. The standard InChI is InChI=1S/C22H27N3O2/c1-22(2,3)19-8-6-18(7-9-19)21(27)24-12-10-20(26)25(14-13-24)16-17-5-4-11-23-15-17/h4-9,11,15H,10,12-14,16H2,1-3H3. The molecule has 0 saturated carbocycles. The molecule has 0 radical (unpaired) electrons. The van der Waals surface area contributed by atoms with Gasteiger partial charge in [-0.1, -0.05) is 39.0 Å². The maximum atomic E-state index is 12.9. The lowest BCUT2D eigenvalue weighted by atomic mass is 9.86. The van der Waals surface area contributed by atoms with E-state index in [4.69, 9.17) is 0 Å². The summed E-state index contributed by atoms with van der Waals surface area (Å²) in [6.45, 7) is 8.55. The Morgan fingerprint density at radius 1 is 1.07 bits per heavy atom. The highest BCUT2D eigenvalue weighted by molar-refractivity contribution is 5.94. The van der Waals surface area contributed by atoms with E-state index in [1.807, 2.05) is 41.3 Å². The fraction of sp³-hybridized carbons (Fsp3) is 0.409. The lowest BCUT2D eigenvalue weighted by Crippen LogP contribution is -2.35. The first-order chi connectivity index (χ1) is 12.8. The van der Waals surface area contributed by atoms with E-state index < -0.39 is 0 Å². The van der Waals surface area contributed by atoms with Gasteiger partial charge in [0, 0.05) is 50.6 Å². The Kier molecular flexibility index (Phi) is 5.59. The first kappa shape index (κ1) is 19.1. The van der Waals surface area contributed by atoms with E-state index in [2.05, 4.69) is 25.8 Å². The minimum absolute atomic E-state index is 0.00788. The summed E-state index contributed by atoms with van der Waals surface area (Å²) in [6, 6.07) is 11.7. The molecule has 142 valence electrons. The quantitative estimate of drug-likeness (QED) is 0.839. The van der Waals surface area contributed by atoms with Gasteiger partial charge < -0.3 is 9.80 Å². The van der Waals surface area contributed by atoms with Gasteiger partial charge in [-0.05, 0) is 34.7 Å². The molecule has 2 amide bonds. The summed E-state index contributed by atoms with van der Waals surface area (Å²) in [5.41, 5.74) is 2.94. The predicted octanol–water partition coefficient (Wildman–Crippen LogP) is 3.25. The van der Waals surface area contributed by atoms with Crippen LogP contribution in [0.3, 0.4) is 0 Å². The molecule has 3 rings (SSSR count). The smallest absolute Gasteiger partial charge is 0.253 e. The van der Waals surface area contributed by atoms with Gasteiger partial charge in [0.2, 0.25) is 5.91 Å². The second-order valence-corrected chi connectivity index (χ2v) is 8.05. The minimum Gasteiger partial charge on any atom is -0.336 e. The van der Waals surface area contributed by atoms with Crippen LogP contribution in [-0.4, -0.2) is 46.2 Å². The molecule has 5 nitrogen and oxygen atoms in total. The SMILES string of the molecule is CC(C)(C)c1ccc(C(=O)N2CCC(=O)N(Cc3cccnc3)CC2)cc1. The predicted molar refractivity (Wildman–Crippen MR) is 105 cm³/mol. The van der Waals surface area contributed by atoms with Crippen LogP contribution in [0.15, 0.2) is 48.8 Å². The molecule has 0 bridgehead atoms. The lowest BCUT2D eigenvalue weighted by molar-refractivity contribution is -0.130. The van der Waals surface area contributed by atoms with E-state index in [0.717, 1.165) is 5.56 Å². The fourth-order valence-electron chi connectivity index (χ4n) is 3.24. The van der Waals surface area contributed by atoms with E-state index >= 15 is 0 Å². The third kappa shape index (κ3) is 4.73. The Labute approximate surface area is 161 Å². The zero-order chi connectivity index (χ0) is 19.4. The second kappa shape index (κ2) is 7.91. The van der Waals surface area contributed by atoms with Crippen molar-refractivity contribution in [1.82, 2.24) is 14.8 Å². The zero-order valence-electron chi connectivity index (χ0n) is 16.3. The molecule has 0 N–H and O–H groups in total. The van der Waals surface area contributed by atoms with Crippen molar-refractivity contribution in [3.05, 3.63) is 65.5 Å². The van der Waals surface area contributed by atoms with Gasteiger partial charge in [0.1, 0.15) is 0 Å². The number of benzene rings is 1. The van der Waals surface area contributed by atoms with Gasteiger partial charge in [-0.25, -0.2) is 0 Å². The summed E-state index contributed by atoms with van der Waals surface area (Å²) < 4.78 is 0. The summed E-state index contributed by atoms with van der Waals surface area (Å²) in [5, 5.41) is 0. The molecule has 0 spiro atoms. The number of carbonyl (C=O) groups is 2. The highest BCUT2D eigenvalue weighted by Crippen LogP contribution is 2.22. The molecular weight excluding hydrogens is 338 g/mol. The molecule has 2 heterocycles. The summed E-state index contributed by atoms with van der Waals surface area (Å²) in [7, 11) is 0. The second-order valence-electron chi connectivity index (χ2n) is 8.05. The van der Waals surface area contributed by atoms with Crippen molar-refractivity contribution < 1.29 is 9.59 Å². The van der Waals surface area contributed by atoms with Crippen LogP contribution in [0.2, 0.25) is 0 Å². The fourth-order valence-corrected chi connectivity index (χ4v) is 3.24. The maximum absolute atomic E-state index is 12.9. The average molecular weight is 365 g/mol. The van der Waals surface area contributed by atoms with Crippen molar-refractivity contribution in [3.8, 4) is 0 Å². The van der Waals surface area contributed by atoms with E-state index in [-0.39, 0.29) is 17.2 Å². The Hall–Kier alpha value is -2.69. The van der Waals surface area contributed by atoms with Crippen molar-refractivity contribution in [2.24, 2.45) is 0 Å². The molecule has 1 aromatic carbocycles. The summed E-state index contributed by atoms with van der Waals surface area (Å²) >= 11 is 0. The van der Waals surface area contributed by atoms with E-state index in [1.165, 1.54) is 5.56 Å². The van der Waals surface area contributed by atoms with Crippen LogP contribution in [0.4, 0.5) is 0 Å². The molecule has 1 aliphatic rings. The largest absolute Gasteiger partial charge is 0.336 e. The molecular formula is C22H27N3O2. The molecule has 0 aliphatic carbocycles. The number of carbonyl (C=O) groups excluding carboxylic acids is 2. The van der Waals surface area contributed by atoms with Crippen molar-refractivity contribution in [1.29, 1.82) is 0 Å². The van der Waals surface area contributed by atoms with Gasteiger partial charge in [0.25, 0.3) is 5.91 Å². The van der Waals surface area contributed by atoms with Crippen LogP contribution in [0.1, 0.15) is 48.7 Å². The molecule has 1 aromatic heterocycles. The molecule has 1 fully saturated rings. The van der Waals surface area contributed by atoms with Crippen LogP contribution in [0.5, 0.6) is 0 Å². The van der Waals surface area contributed by atoms with E-state index in [0.29, 0.717) is 38.2 Å². The van der Waals surface area contributed by atoms with Crippen LogP contribution in [-0.2, 0) is 16.8 Å². The van der Waals surface area contributed by atoms with Gasteiger partial charge in [0.15, 0.2) is 0 Å². The number of pyridine rings is 1. The topological polar surface area (TPSA) is 53.5 Å². The molecule has 0 unspecified atom stereocenters. The van der Waals surface area contributed by atoms with Crippen LogP contribution >= 0.6 is 0 Å². The monoisotopic (exact) mass is 365 g/mol.